The van der Waals surface area contributed by atoms with Crippen molar-refractivity contribution in [3.05, 3.63) is 23.8 Å². The van der Waals surface area contributed by atoms with E-state index in [4.69, 9.17) is 9.47 Å². The first-order chi connectivity index (χ1) is 10.1. The standard InChI is InChI=1S/C16H22BrNO3/c1-20-13-7-8-14(15(9-13)21-2)16(19)18-10-11-3-5-12(17)6-4-11/h7-9,11-12H,3-6,10H2,1-2H3,(H,18,19). The van der Waals surface area contributed by atoms with Gasteiger partial charge in [0.2, 0.25) is 0 Å². The zero-order chi connectivity index (χ0) is 15.2. The Morgan fingerprint density at radius 3 is 2.57 bits per heavy atom. The van der Waals surface area contributed by atoms with E-state index in [0.29, 0.717) is 27.8 Å². The van der Waals surface area contributed by atoms with E-state index in [1.54, 1.807) is 32.4 Å². The predicted octanol–water partition coefficient (Wildman–Crippen LogP) is 3.39. The Hall–Kier alpha value is -1.23. The highest BCUT2D eigenvalue weighted by molar-refractivity contribution is 9.09. The maximum absolute atomic E-state index is 12.3. The van der Waals surface area contributed by atoms with Crippen LogP contribution in [0.15, 0.2) is 18.2 Å². The summed E-state index contributed by atoms with van der Waals surface area (Å²) < 4.78 is 10.4. The lowest BCUT2D eigenvalue weighted by Crippen LogP contribution is -2.31. The summed E-state index contributed by atoms with van der Waals surface area (Å²) in [6.45, 7) is 0.730. The highest BCUT2D eigenvalue weighted by Crippen LogP contribution is 2.28. The molecule has 2 rings (SSSR count). The van der Waals surface area contributed by atoms with E-state index >= 15 is 0 Å². The fraction of sp³-hybridized carbons (Fsp3) is 0.562. The summed E-state index contributed by atoms with van der Waals surface area (Å²) in [6, 6.07) is 5.24. The van der Waals surface area contributed by atoms with Gasteiger partial charge in [-0.3, -0.25) is 4.79 Å². The number of ether oxygens (including phenoxy) is 2. The molecule has 0 radical (unpaired) electrons. The molecule has 1 amide bonds. The maximum Gasteiger partial charge on any atom is 0.255 e. The van der Waals surface area contributed by atoms with Crippen molar-refractivity contribution < 1.29 is 14.3 Å². The molecule has 0 aromatic heterocycles. The molecule has 116 valence electrons. The van der Waals surface area contributed by atoms with Crippen LogP contribution in [0.3, 0.4) is 0 Å². The number of benzene rings is 1. The molecule has 21 heavy (non-hydrogen) atoms. The maximum atomic E-state index is 12.3. The number of amides is 1. The van der Waals surface area contributed by atoms with Gasteiger partial charge < -0.3 is 14.8 Å². The van der Waals surface area contributed by atoms with Crippen molar-refractivity contribution in [3.8, 4) is 11.5 Å². The summed E-state index contributed by atoms with van der Waals surface area (Å²) in [6.07, 6.45) is 4.70. The zero-order valence-corrected chi connectivity index (χ0v) is 14.1. The first-order valence-corrected chi connectivity index (χ1v) is 8.20. The summed E-state index contributed by atoms with van der Waals surface area (Å²) in [5, 5.41) is 3.02. The van der Waals surface area contributed by atoms with Crippen molar-refractivity contribution in [1.29, 1.82) is 0 Å². The molecule has 1 aromatic carbocycles. The molecule has 0 aliphatic heterocycles. The summed E-state index contributed by atoms with van der Waals surface area (Å²) >= 11 is 3.65. The van der Waals surface area contributed by atoms with Crippen LogP contribution >= 0.6 is 15.9 Å². The number of alkyl halides is 1. The van der Waals surface area contributed by atoms with Crippen molar-refractivity contribution in [2.45, 2.75) is 30.5 Å². The van der Waals surface area contributed by atoms with Gasteiger partial charge in [-0.15, -0.1) is 0 Å². The Balaban J connectivity index is 1.94. The number of hydrogen-bond acceptors (Lipinski definition) is 3. The monoisotopic (exact) mass is 355 g/mol. The third-order valence-corrected chi connectivity index (χ3v) is 4.90. The minimum Gasteiger partial charge on any atom is -0.497 e. The van der Waals surface area contributed by atoms with Gasteiger partial charge in [0.1, 0.15) is 11.5 Å². The third kappa shape index (κ3) is 4.37. The Kier molecular flexibility index (Phi) is 5.91. The van der Waals surface area contributed by atoms with Crippen molar-refractivity contribution in [2.24, 2.45) is 5.92 Å². The van der Waals surface area contributed by atoms with E-state index in [9.17, 15) is 4.79 Å². The van der Waals surface area contributed by atoms with E-state index in [0.717, 1.165) is 19.4 Å². The quantitative estimate of drug-likeness (QED) is 0.823. The Labute approximate surface area is 134 Å². The molecule has 0 unspecified atom stereocenters. The van der Waals surface area contributed by atoms with Crippen LogP contribution in [0.25, 0.3) is 0 Å². The second-order valence-corrected chi connectivity index (χ2v) is 6.69. The molecule has 0 heterocycles. The van der Waals surface area contributed by atoms with Crippen LogP contribution in [0.2, 0.25) is 0 Å². The summed E-state index contributed by atoms with van der Waals surface area (Å²) in [5.74, 6) is 1.71. The molecule has 0 bridgehead atoms. The van der Waals surface area contributed by atoms with Crippen LogP contribution in [-0.4, -0.2) is 31.5 Å². The van der Waals surface area contributed by atoms with E-state index in [-0.39, 0.29) is 5.91 Å². The molecule has 1 aromatic rings. The number of nitrogens with one attached hydrogen (secondary N) is 1. The highest BCUT2D eigenvalue weighted by atomic mass is 79.9. The Morgan fingerprint density at radius 1 is 1.24 bits per heavy atom. The number of halogens is 1. The van der Waals surface area contributed by atoms with Gasteiger partial charge in [-0.25, -0.2) is 0 Å². The number of methoxy groups -OCH3 is 2. The van der Waals surface area contributed by atoms with Crippen LogP contribution in [0.5, 0.6) is 11.5 Å². The summed E-state index contributed by atoms with van der Waals surface area (Å²) in [4.78, 5) is 12.9. The molecule has 1 saturated carbocycles. The fourth-order valence-corrected chi connectivity index (χ4v) is 3.17. The van der Waals surface area contributed by atoms with Gasteiger partial charge >= 0.3 is 0 Å². The molecule has 1 N–H and O–H groups in total. The smallest absolute Gasteiger partial charge is 0.255 e. The zero-order valence-electron chi connectivity index (χ0n) is 12.5. The normalized spacial score (nSPS) is 21.7. The highest BCUT2D eigenvalue weighted by Gasteiger charge is 2.20. The Bertz CT molecular complexity index is 484. The second-order valence-electron chi connectivity index (χ2n) is 5.39. The lowest BCUT2D eigenvalue weighted by atomic mass is 9.89. The first-order valence-electron chi connectivity index (χ1n) is 7.28. The van der Waals surface area contributed by atoms with Gasteiger partial charge in [0.25, 0.3) is 5.91 Å². The summed E-state index contributed by atoms with van der Waals surface area (Å²) in [5.41, 5.74) is 0.549. The molecule has 1 fully saturated rings. The van der Waals surface area contributed by atoms with Crippen LogP contribution in [0.4, 0.5) is 0 Å². The third-order valence-electron chi connectivity index (χ3n) is 3.98. The fourth-order valence-electron chi connectivity index (χ4n) is 2.64. The van der Waals surface area contributed by atoms with Gasteiger partial charge in [-0.2, -0.15) is 0 Å². The average molecular weight is 356 g/mol. The van der Waals surface area contributed by atoms with Crippen LogP contribution in [-0.2, 0) is 0 Å². The van der Waals surface area contributed by atoms with E-state index < -0.39 is 0 Å². The molecular formula is C16H22BrNO3. The van der Waals surface area contributed by atoms with Gasteiger partial charge in [-0.1, -0.05) is 15.9 Å². The predicted molar refractivity (Wildman–Crippen MR) is 86.6 cm³/mol. The van der Waals surface area contributed by atoms with Crippen LogP contribution in [0, 0.1) is 5.92 Å². The van der Waals surface area contributed by atoms with Crippen molar-refractivity contribution >= 4 is 21.8 Å². The van der Waals surface area contributed by atoms with E-state index in [1.807, 2.05) is 0 Å². The Morgan fingerprint density at radius 2 is 1.95 bits per heavy atom. The molecule has 0 atom stereocenters. The van der Waals surface area contributed by atoms with Crippen molar-refractivity contribution in [3.63, 3.8) is 0 Å². The molecule has 1 aliphatic rings. The minimum atomic E-state index is -0.0875. The van der Waals surface area contributed by atoms with Crippen LogP contribution in [0.1, 0.15) is 36.0 Å². The minimum absolute atomic E-state index is 0.0875. The van der Waals surface area contributed by atoms with E-state index in [1.165, 1.54) is 12.8 Å². The first kappa shape index (κ1) is 16.1. The van der Waals surface area contributed by atoms with Crippen LogP contribution < -0.4 is 14.8 Å². The van der Waals surface area contributed by atoms with E-state index in [2.05, 4.69) is 21.2 Å². The average Bonchev–Trinajstić information content (AvgIpc) is 2.53. The number of carbonyl (C=O) groups is 1. The van der Waals surface area contributed by atoms with Gasteiger partial charge in [0.15, 0.2) is 0 Å². The molecule has 1 aliphatic carbocycles. The lowest BCUT2D eigenvalue weighted by Gasteiger charge is -2.25. The van der Waals surface area contributed by atoms with Crippen molar-refractivity contribution in [1.82, 2.24) is 5.32 Å². The molecule has 0 saturated heterocycles. The summed E-state index contributed by atoms with van der Waals surface area (Å²) in [7, 11) is 3.15. The van der Waals surface area contributed by atoms with Gasteiger partial charge in [-0.05, 0) is 43.7 Å². The van der Waals surface area contributed by atoms with Gasteiger partial charge in [0, 0.05) is 17.4 Å². The van der Waals surface area contributed by atoms with Crippen molar-refractivity contribution in [2.75, 3.05) is 20.8 Å². The molecular weight excluding hydrogens is 334 g/mol. The number of carbonyl (C=O) groups excluding carboxylic acids is 1. The topological polar surface area (TPSA) is 47.6 Å². The number of rotatable bonds is 5. The number of hydrogen-bond donors (Lipinski definition) is 1. The SMILES string of the molecule is COc1ccc(C(=O)NCC2CCC(Br)CC2)c(OC)c1. The second kappa shape index (κ2) is 7.69. The molecule has 0 spiro atoms. The largest absolute Gasteiger partial charge is 0.497 e. The molecule has 5 heteroatoms. The molecule has 4 nitrogen and oxygen atoms in total. The lowest BCUT2D eigenvalue weighted by molar-refractivity contribution is 0.0941. The van der Waals surface area contributed by atoms with Gasteiger partial charge in [0.05, 0.1) is 19.8 Å².